The molecule has 1 amide bonds. The van der Waals surface area contributed by atoms with E-state index in [1.54, 1.807) is 13.1 Å². The molecule has 0 aromatic carbocycles. The fraction of sp³-hybridized carbons (Fsp3) is 0.615. The van der Waals surface area contributed by atoms with Crippen LogP contribution in [-0.2, 0) is 14.3 Å². The molecule has 1 aromatic rings. The molecule has 5 nitrogen and oxygen atoms in total. The first-order chi connectivity index (χ1) is 9.24. The zero-order valence-electron chi connectivity index (χ0n) is 11.0. The zero-order chi connectivity index (χ0) is 13.7. The van der Waals surface area contributed by atoms with Gasteiger partial charge in [0, 0.05) is 17.6 Å². The highest BCUT2D eigenvalue weighted by Gasteiger charge is 2.33. The quantitative estimate of drug-likeness (QED) is 0.631. The molecular formula is C13H18N2O3S. The molecule has 1 heterocycles. The minimum Gasteiger partial charge on any atom is -0.459 e. The molecule has 0 radical (unpaired) electrons. The van der Waals surface area contributed by atoms with Gasteiger partial charge < -0.3 is 4.74 Å². The Balaban J connectivity index is 2.18. The summed E-state index contributed by atoms with van der Waals surface area (Å²) < 4.78 is 4.82. The molecule has 0 atom stereocenters. The van der Waals surface area contributed by atoms with E-state index in [-0.39, 0.29) is 12.6 Å². The fourth-order valence-corrected chi connectivity index (χ4v) is 3.08. The van der Waals surface area contributed by atoms with Crippen molar-refractivity contribution in [2.45, 2.75) is 45.1 Å². The van der Waals surface area contributed by atoms with Gasteiger partial charge in [-0.2, -0.15) is 0 Å². The number of esters is 1. The second-order valence-corrected chi connectivity index (χ2v) is 5.38. The predicted octanol–water partition coefficient (Wildman–Crippen LogP) is 2.37. The Kier molecular flexibility index (Phi) is 4.90. The topological polar surface area (TPSA) is 59.5 Å². The molecule has 2 rings (SSSR count). The minimum absolute atomic E-state index is 0.0665. The third-order valence-corrected chi connectivity index (χ3v) is 4.00. The second-order valence-electron chi connectivity index (χ2n) is 4.50. The zero-order valence-corrected chi connectivity index (χ0v) is 11.8. The summed E-state index contributed by atoms with van der Waals surface area (Å²) in [5, 5.41) is 2.40. The van der Waals surface area contributed by atoms with Crippen molar-refractivity contribution in [3.63, 3.8) is 0 Å². The van der Waals surface area contributed by atoms with Gasteiger partial charge in [0.2, 0.25) is 0 Å². The van der Waals surface area contributed by atoms with Crippen LogP contribution in [-0.4, -0.2) is 29.5 Å². The fourth-order valence-electron chi connectivity index (χ4n) is 2.37. The van der Waals surface area contributed by atoms with Crippen molar-refractivity contribution >= 4 is 28.3 Å². The number of hydrogen-bond donors (Lipinski definition) is 0. The van der Waals surface area contributed by atoms with Gasteiger partial charge in [-0.25, -0.2) is 9.78 Å². The maximum Gasteiger partial charge on any atom is 0.397 e. The molecule has 0 aliphatic heterocycles. The van der Waals surface area contributed by atoms with Gasteiger partial charge in [-0.15, -0.1) is 11.3 Å². The average molecular weight is 282 g/mol. The summed E-state index contributed by atoms with van der Waals surface area (Å²) in [6.45, 7) is 1.90. The van der Waals surface area contributed by atoms with Crippen molar-refractivity contribution in [3.05, 3.63) is 11.6 Å². The first-order valence-electron chi connectivity index (χ1n) is 6.64. The van der Waals surface area contributed by atoms with Crippen molar-refractivity contribution in [2.24, 2.45) is 0 Å². The summed E-state index contributed by atoms with van der Waals surface area (Å²) in [5.74, 6) is -1.38. The number of nitrogens with zero attached hydrogens (tertiary/aromatic N) is 2. The highest BCUT2D eigenvalue weighted by atomic mass is 32.1. The number of rotatable bonds is 3. The summed E-state index contributed by atoms with van der Waals surface area (Å²) in [4.78, 5) is 29.6. The van der Waals surface area contributed by atoms with E-state index in [0.717, 1.165) is 25.7 Å². The van der Waals surface area contributed by atoms with Gasteiger partial charge in [0.15, 0.2) is 5.13 Å². The van der Waals surface area contributed by atoms with E-state index in [2.05, 4.69) is 4.98 Å². The molecule has 0 N–H and O–H groups in total. The summed E-state index contributed by atoms with van der Waals surface area (Å²) >= 11 is 1.37. The Morgan fingerprint density at radius 3 is 2.74 bits per heavy atom. The molecule has 1 fully saturated rings. The lowest BCUT2D eigenvalue weighted by atomic mass is 9.94. The molecule has 0 saturated heterocycles. The Morgan fingerprint density at radius 1 is 1.42 bits per heavy atom. The largest absolute Gasteiger partial charge is 0.459 e. The van der Waals surface area contributed by atoms with Gasteiger partial charge in [0.05, 0.1) is 6.61 Å². The van der Waals surface area contributed by atoms with Crippen LogP contribution < -0.4 is 4.90 Å². The van der Waals surface area contributed by atoms with Crippen molar-refractivity contribution < 1.29 is 14.3 Å². The molecule has 1 aromatic heterocycles. The normalized spacial score (nSPS) is 16.1. The number of carbonyl (C=O) groups excluding carboxylic acids is 2. The van der Waals surface area contributed by atoms with E-state index in [9.17, 15) is 9.59 Å². The third-order valence-electron chi connectivity index (χ3n) is 3.23. The number of thiazole rings is 1. The third kappa shape index (κ3) is 3.32. The van der Waals surface area contributed by atoms with Crippen LogP contribution >= 0.6 is 11.3 Å². The molecule has 1 aliphatic rings. The molecule has 6 heteroatoms. The van der Waals surface area contributed by atoms with E-state index >= 15 is 0 Å². The minimum atomic E-state index is -0.789. The Labute approximate surface area is 116 Å². The first kappa shape index (κ1) is 14.0. The standard InChI is InChI=1S/C13H18N2O3S/c1-2-18-12(17)11(16)15(13-14-8-9-19-13)10-6-4-3-5-7-10/h8-10H,2-7H2,1H3. The summed E-state index contributed by atoms with van der Waals surface area (Å²) in [6.07, 6.45) is 6.85. The highest BCUT2D eigenvalue weighted by molar-refractivity contribution is 7.13. The molecule has 0 bridgehead atoms. The average Bonchev–Trinajstić information content (AvgIpc) is 2.94. The van der Waals surface area contributed by atoms with Crippen molar-refractivity contribution in [2.75, 3.05) is 11.5 Å². The number of amides is 1. The summed E-state index contributed by atoms with van der Waals surface area (Å²) in [6, 6.07) is 0.0665. The van der Waals surface area contributed by atoms with Gasteiger partial charge in [-0.05, 0) is 19.8 Å². The van der Waals surface area contributed by atoms with Crippen LogP contribution in [0.1, 0.15) is 39.0 Å². The number of ether oxygens (including phenoxy) is 1. The van der Waals surface area contributed by atoms with Gasteiger partial charge in [-0.3, -0.25) is 9.69 Å². The Bertz CT molecular complexity index is 427. The predicted molar refractivity (Wildman–Crippen MR) is 73.1 cm³/mol. The maximum atomic E-state index is 12.2. The molecule has 1 aliphatic carbocycles. The molecule has 0 spiro atoms. The van der Waals surface area contributed by atoms with Crippen LogP contribution in [0.15, 0.2) is 11.6 Å². The summed E-state index contributed by atoms with van der Waals surface area (Å²) in [5.41, 5.74) is 0. The van der Waals surface area contributed by atoms with Gasteiger partial charge in [0.25, 0.3) is 0 Å². The Hall–Kier alpha value is -1.43. The van der Waals surface area contributed by atoms with Crippen LogP contribution in [0.25, 0.3) is 0 Å². The van der Waals surface area contributed by atoms with Crippen molar-refractivity contribution in [3.8, 4) is 0 Å². The van der Waals surface area contributed by atoms with Crippen LogP contribution in [0.5, 0.6) is 0 Å². The monoisotopic (exact) mass is 282 g/mol. The SMILES string of the molecule is CCOC(=O)C(=O)N(c1nccs1)C1CCCCC1. The lowest BCUT2D eigenvalue weighted by Crippen LogP contribution is -2.45. The van der Waals surface area contributed by atoms with Gasteiger partial charge >= 0.3 is 11.9 Å². The van der Waals surface area contributed by atoms with E-state index in [1.165, 1.54) is 22.7 Å². The maximum absolute atomic E-state index is 12.2. The molecular weight excluding hydrogens is 264 g/mol. The van der Waals surface area contributed by atoms with Gasteiger partial charge in [0.1, 0.15) is 0 Å². The van der Waals surface area contributed by atoms with Crippen LogP contribution in [0.2, 0.25) is 0 Å². The van der Waals surface area contributed by atoms with E-state index < -0.39 is 11.9 Å². The number of anilines is 1. The van der Waals surface area contributed by atoms with E-state index in [4.69, 9.17) is 4.74 Å². The Morgan fingerprint density at radius 2 is 2.16 bits per heavy atom. The van der Waals surface area contributed by atoms with Crippen LogP contribution in [0.4, 0.5) is 5.13 Å². The van der Waals surface area contributed by atoms with Gasteiger partial charge in [-0.1, -0.05) is 19.3 Å². The molecule has 1 saturated carbocycles. The lowest BCUT2D eigenvalue weighted by Gasteiger charge is -2.31. The lowest BCUT2D eigenvalue weighted by molar-refractivity contribution is -0.153. The number of carbonyl (C=O) groups is 2. The molecule has 104 valence electrons. The highest BCUT2D eigenvalue weighted by Crippen LogP contribution is 2.28. The molecule has 0 unspecified atom stereocenters. The van der Waals surface area contributed by atoms with Crippen molar-refractivity contribution in [1.29, 1.82) is 0 Å². The number of aromatic nitrogens is 1. The first-order valence-corrected chi connectivity index (χ1v) is 7.51. The van der Waals surface area contributed by atoms with Crippen molar-refractivity contribution in [1.82, 2.24) is 4.98 Å². The summed E-state index contributed by atoms with van der Waals surface area (Å²) in [7, 11) is 0. The molecule has 19 heavy (non-hydrogen) atoms. The smallest absolute Gasteiger partial charge is 0.397 e. The van der Waals surface area contributed by atoms with Crippen LogP contribution in [0, 0.1) is 0 Å². The second kappa shape index (κ2) is 6.65. The number of hydrogen-bond acceptors (Lipinski definition) is 5. The van der Waals surface area contributed by atoms with Crippen LogP contribution in [0.3, 0.4) is 0 Å². The van der Waals surface area contributed by atoms with E-state index in [0.29, 0.717) is 5.13 Å². The van der Waals surface area contributed by atoms with E-state index in [1.807, 2.05) is 5.38 Å².